The largest absolute Gasteiger partial charge is 0.378 e. The Morgan fingerprint density at radius 3 is 2.68 bits per heavy atom. The van der Waals surface area contributed by atoms with Gasteiger partial charge in [-0.2, -0.15) is 0 Å². The molecule has 0 spiro atoms. The number of ether oxygens (including phenoxy) is 1. The fourth-order valence-corrected chi connectivity index (χ4v) is 5.25. The first-order valence-electron chi connectivity index (χ1n) is 11.5. The number of morpholine rings is 1. The van der Waals surface area contributed by atoms with Crippen LogP contribution in [0.5, 0.6) is 0 Å². The maximum Gasteiger partial charge on any atom is 0.232 e. The van der Waals surface area contributed by atoms with Gasteiger partial charge in [-0.05, 0) is 41.8 Å². The summed E-state index contributed by atoms with van der Waals surface area (Å²) in [6.45, 7) is 4.93. The summed E-state index contributed by atoms with van der Waals surface area (Å²) in [4.78, 5) is 28.9. The van der Waals surface area contributed by atoms with Gasteiger partial charge in [0.05, 0.1) is 31.1 Å². The second-order valence-corrected chi connectivity index (χ2v) is 9.33. The van der Waals surface area contributed by atoms with Crippen molar-refractivity contribution in [2.75, 3.05) is 48.9 Å². The first-order chi connectivity index (χ1) is 16.6. The van der Waals surface area contributed by atoms with Crippen molar-refractivity contribution in [1.29, 1.82) is 0 Å². The molecular formula is C25H27N5O3S. The van der Waals surface area contributed by atoms with E-state index in [-0.39, 0.29) is 17.4 Å². The Kier molecular flexibility index (Phi) is 6.38. The van der Waals surface area contributed by atoms with Gasteiger partial charge >= 0.3 is 0 Å². The Morgan fingerprint density at radius 2 is 1.88 bits per heavy atom. The number of aryl methyl sites for hydroxylation is 1. The van der Waals surface area contributed by atoms with Gasteiger partial charge in [0.1, 0.15) is 0 Å². The zero-order valence-electron chi connectivity index (χ0n) is 19.4. The summed E-state index contributed by atoms with van der Waals surface area (Å²) in [6, 6.07) is 13.7. The fraction of sp³-hybridized carbons (Fsp3) is 0.360. The number of benzene rings is 2. The van der Waals surface area contributed by atoms with E-state index < -0.39 is 0 Å². The van der Waals surface area contributed by atoms with Crippen molar-refractivity contribution in [2.24, 2.45) is 0 Å². The number of nitrogens with zero attached hydrogens (tertiary/aromatic N) is 5. The molecule has 1 saturated heterocycles. The number of hydrogen-bond donors (Lipinski definition) is 0. The van der Waals surface area contributed by atoms with Gasteiger partial charge < -0.3 is 14.5 Å². The molecule has 0 N–H and O–H groups in total. The van der Waals surface area contributed by atoms with Crippen LogP contribution in [0.15, 0.2) is 47.6 Å². The molecule has 1 aromatic heterocycles. The number of rotatable bonds is 7. The van der Waals surface area contributed by atoms with Crippen molar-refractivity contribution in [3.8, 4) is 5.69 Å². The number of aromatic nitrogens is 3. The molecule has 34 heavy (non-hydrogen) atoms. The second kappa shape index (κ2) is 9.60. The monoisotopic (exact) mass is 477 g/mol. The van der Waals surface area contributed by atoms with Crippen LogP contribution in [0.2, 0.25) is 0 Å². The highest BCUT2D eigenvalue weighted by Gasteiger charge is 2.26. The lowest BCUT2D eigenvalue weighted by molar-refractivity contribution is -0.117. The van der Waals surface area contributed by atoms with Gasteiger partial charge in [0.15, 0.2) is 10.9 Å². The van der Waals surface area contributed by atoms with Crippen LogP contribution < -0.4 is 9.80 Å². The molecule has 2 aromatic carbocycles. The molecule has 176 valence electrons. The molecule has 0 radical (unpaired) electrons. The highest BCUT2D eigenvalue weighted by molar-refractivity contribution is 7.99. The molecule has 8 nitrogen and oxygen atoms in total. The van der Waals surface area contributed by atoms with E-state index in [1.54, 1.807) is 18.0 Å². The lowest BCUT2D eigenvalue weighted by Crippen LogP contribution is -2.38. The minimum atomic E-state index is 0.000973. The van der Waals surface area contributed by atoms with Gasteiger partial charge in [-0.25, -0.2) is 0 Å². The summed E-state index contributed by atoms with van der Waals surface area (Å²) in [5, 5.41) is 9.68. The highest BCUT2D eigenvalue weighted by atomic mass is 32.2. The average molecular weight is 478 g/mol. The van der Waals surface area contributed by atoms with Crippen LogP contribution in [-0.4, -0.2) is 65.6 Å². The van der Waals surface area contributed by atoms with E-state index in [0.29, 0.717) is 30.4 Å². The predicted octanol–water partition coefficient (Wildman–Crippen LogP) is 3.16. The zero-order chi connectivity index (χ0) is 23.7. The van der Waals surface area contributed by atoms with Gasteiger partial charge in [-0.15, -0.1) is 10.2 Å². The summed E-state index contributed by atoms with van der Waals surface area (Å²) < 4.78 is 7.59. The number of Topliss-reactive ketones (excluding diaryl/α,β-unsaturated/α-hetero) is 1. The Labute approximate surface area is 202 Å². The Hall–Kier alpha value is -3.17. The van der Waals surface area contributed by atoms with Gasteiger partial charge in [-0.1, -0.05) is 36.9 Å². The van der Waals surface area contributed by atoms with E-state index in [4.69, 9.17) is 4.74 Å². The quantitative estimate of drug-likeness (QED) is 0.382. The summed E-state index contributed by atoms with van der Waals surface area (Å²) in [6.07, 6.45) is 1.22. The Morgan fingerprint density at radius 1 is 1.09 bits per heavy atom. The number of para-hydroxylation sites is 1. The van der Waals surface area contributed by atoms with E-state index in [9.17, 15) is 9.59 Å². The molecule has 5 rings (SSSR count). The summed E-state index contributed by atoms with van der Waals surface area (Å²) in [7, 11) is 1.76. The molecule has 0 bridgehead atoms. The molecule has 2 aliphatic heterocycles. The topological polar surface area (TPSA) is 80.6 Å². The van der Waals surface area contributed by atoms with Gasteiger partial charge in [0.25, 0.3) is 0 Å². The SMILES string of the molecule is CCc1ccccc1-n1c(SCC(=O)c2ccc3c(c2)CC(=O)N3C)nnc1N1CCOCC1. The third-order valence-corrected chi connectivity index (χ3v) is 7.26. The van der Waals surface area contributed by atoms with Crippen molar-refractivity contribution in [1.82, 2.24) is 14.8 Å². The molecule has 3 aromatic rings. The van der Waals surface area contributed by atoms with Crippen LogP contribution in [0.3, 0.4) is 0 Å². The minimum Gasteiger partial charge on any atom is -0.378 e. The van der Waals surface area contributed by atoms with Crippen molar-refractivity contribution in [2.45, 2.75) is 24.9 Å². The molecule has 1 fully saturated rings. The molecule has 3 heterocycles. The lowest BCUT2D eigenvalue weighted by Gasteiger charge is -2.28. The van der Waals surface area contributed by atoms with Crippen LogP contribution in [0.1, 0.15) is 28.4 Å². The number of likely N-dealkylation sites (N-methyl/N-ethyl adjacent to an activating group) is 1. The number of thioether (sulfide) groups is 1. The van der Waals surface area contributed by atoms with E-state index in [1.807, 2.05) is 24.3 Å². The van der Waals surface area contributed by atoms with Gasteiger partial charge in [-0.3, -0.25) is 14.2 Å². The summed E-state index contributed by atoms with van der Waals surface area (Å²) in [5.41, 5.74) is 4.61. The van der Waals surface area contributed by atoms with Crippen LogP contribution in [0, 0.1) is 0 Å². The number of carbonyl (C=O) groups is 2. The molecular weight excluding hydrogens is 450 g/mol. The predicted molar refractivity (Wildman–Crippen MR) is 132 cm³/mol. The second-order valence-electron chi connectivity index (χ2n) is 8.38. The molecule has 1 amide bonds. The Balaban J connectivity index is 1.42. The van der Waals surface area contributed by atoms with Crippen LogP contribution >= 0.6 is 11.8 Å². The van der Waals surface area contributed by atoms with Crippen LogP contribution in [-0.2, 0) is 22.4 Å². The van der Waals surface area contributed by atoms with Gasteiger partial charge in [0, 0.05) is 31.4 Å². The smallest absolute Gasteiger partial charge is 0.232 e. The third kappa shape index (κ3) is 4.21. The maximum atomic E-state index is 13.1. The zero-order valence-corrected chi connectivity index (χ0v) is 20.2. The minimum absolute atomic E-state index is 0.000973. The molecule has 0 aliphatic carbocycles. The first kappa shape index (κ1) is 22.6. The number of fused-ring (bicyclic) bond motifs is 1. The fourth-order valence-electron chi connectivity index (χ4n) is 4.42. The summed E-state index contributed by atoms with van der Waals surface area (Å²) >= 11 is 1.39. The van der Waals surface area contributed by atoms with E-state index in [0.717, 1.165) is 42.4 Å². The molecule has 0 saturated carbocycles. The number of hydrogen-bond acceptors (Lipinski definition) is 7. The molecule has 2 aliphatic rings. The number of ketones is 1. The average Bonchev–Trinajstić information content (AvgIpc) is 3.43. The van der Waals surface area contributed by atoms with E-state index in [1.165, 1.54) is 17.3 Å². The van der Waals surface area contributed by atoms with Crippen LogP contribution in [0.25, 0.3) is 5.69 Å². The molecule has 0 atom stereocenters. The van der Waals surface area contributed by atoms with Crippen LogP contribution in [0.4, 0.5) is 11.6 Å². The van der Waals surface area contributed by atoms with Crippen molar-refractivity contribution < 1.29 is 14.3 Å². The van der Waals surface area contributed by atoms with E-state index in [2.05, 4.69) is 38.7 Å². The first-order valence-corrected chi connectivity index (χ1v) is 12.5. The van der Waals surface area contributed by atoms with E-state index >= 15 is 0 Å². The van der Waals surface area contributed by atoms with Crippen molar-refractivity contribution in [3.63, 3.8) is 0 Å². The highest BCUT2D eigenvalue weighted by Crippen LogP contribution is 2.31. The normalized spacial score (nSPS) is 15.6. The number of amides is 1. The summed E-state index contributed by atoms with van der Waals surface area (Å²) in [5.74, 6) is 1.06. The van der Waals surface area contributed by atoms with Crippen molar-refractivity contribution in [3.05, 3.63) is 59.2 Å². The standard InChI is InChI=1S/C25H27N5O3S/c1-3-17-6-4-5-7-21(17)30-24(29-10-12-33-13-11-29)26-27-25(30)34-16-22(31)18-8-9-20-19(14-18)15-23(32)28(20)2/h4-9,14H,3,10-13,15-16H2,1-2H3. The molecule has 0 unspecified atom stereocenters. The number of carbonyl (C=O) groups excluding carboxylic acids is 2. The molecule has 9 heteroatoms. The lowest BCUT2D eigenvalue weighted by atomic mass is 10.1. The maximum absolute atomic E-state index is 13.1. The van der Waals surface area contributed by atoms with Gasteiger partial charge in [0.2, 0.25) is 11.9 Å². The third-order valence-electron chi connectivity index (χ3n) is 6.33. The van der Waals surface area contributed by atoms with Crippen molar-refractivity contribution >= 4 is 35.1 Å². The Bertz CT molecular complexity index is 1240. The number of anilines is 2.